The summed E-state index contributed by atoms with van der Waals surface area (Å²) in [7, 11) is 0. The van der Waals surface area contributed by atoms with E-state index < -0.39 is 16.9 Å². The third-order valence-corrected chi connectivity index (χ3v) is 4.97. The number of benzene rings is 1. The largest absolute Gasteiger partial charge is 0.362 e. The second-order valence-corrected chi connectivity index (χ2v) is 6.90. The van der Waals surface area contributed by atoms with Gasteiger partial charge in [-0.1, -0.05) is 11.6 Å². The third-order valence-electron chi connectivity index (χ3n) is 4.97. The zero-order valence-electron chi connectivity index (χ0n) is 15.2. The molecule has 1 aliphatic heterocycles. The Labute approximate surface area is 157 Å². The minimum Gasteiger partial charge on any atom is -0.362 e. The number of non-ortho nitro benzene ring substituents is 1. The number of carbonyl (C=O) groups is 2. The summed E-state index contributed by atoms with van der Waals surface area (Å²) in [5, 5.41) is 15.9. The highest BCUT2D eigenvalue weighted by Crippen LogP contribution is 2.30. The van der Waals surface area contributed by atoms with E-state index in [-0.39, 0.29) is 12.2 Å². The highest BCUT2D eigenvalue weighted by atomic mass is 16.6. The Balaban J connectivity index is 1.44. The molecule has 0 spiro atoms. The minimum atomic E-state index is -0.487. The van der Waals surface area contributed by atoms with Gasteiger partial charge in [0.2, 0.25) is 5.91 Å². The fourth-order valence-corrected chi connectivity index (χ4v) is 3.59. The molecule has 27 heavy (non-hydrogen) atoms. The molecular weight excluding hydrogens is 348 g/mol. The van der Waals surface area contributed by atoms with Crippen molar-refractivity contribution in [3.8, 4) is 0 Å². The van der Waals surface area contributed by atoms with E-state index in [0.717, 1.165) is 30.5 Å². The van der Waals surface area contributed by atoms with Crippen LogP contribution in [0.2, 0.25) is 0 Å². The first-order valence-corrected chi connectivity index (χ1v) is 9.31. The smallest absolute Gasteiger partial charge is 0.321 e. The molecule has 3 rings (SSSR count). The number of urea groups is 1. The fourth-order valence-electron chi connectivity index (χ4n) is 3.59. The standard InChI is InChI=1S/C19H24N4O4/c24-18(21-19(25)20-10-8-14-4-2-1-3-5-14)13-22-11-9-15-12-16(23(26)27)6-7-17(15)22/h4,6-7,12H,1-3,5,8-11,13H2,(H2,20,21,24,25). The summed E-state index contributed by atoms with van der Waals surface area (Å²) in [5.74, 6) is -0.393. The molecule has 2 N–H and O–H groups in total. The van der Waals surface area contributed by atoms with E-state index in [1.54, 1.807) is 12.1 Å². The molecule has 3 amide bonds. The van der Waals surface area contributed by atoms with E-state index in [0.29, 0.717) is 19.5 Å². The van der Waals surface area contributed by atoms with E-state index in [9.17, 15) is 19.7 Å². The Morgan fingerprint density at radius 2 is 2.07 bits per heavy atom. The maximum absolute atomic E-state index is 12.1. The highest BCUT2D eigenvalue weighted by molar-refractivity contribution is 5.96. The normalized spacial score (nSPS) is 15.7. The average Bonchev–Trinajstić information content (AvgIpc) is 3.04. The number of amides is 3. The number of anilines is 1. The first-order chi connectivity index (χ1) is 13.0. The van der Waals surface area contributed by atoms with Gasteiger partial charge in [0.15, 0.2) is 0 Å². The maximum Gasteiger partial charge on any atom is 0.321 e. The Morgan fingerprint density at radius 3 is 2.81 bits per heavy atom. The number of rotatable bonds is 6. The lowest BCUT2D eigenvalue weighted by molar-refractivity contribution is -0.384. The predicted octanol–water partition coefficient (Wildman–Crippen LogP) is 2.67. The average molecular weight is 372 g/mol. The van der Waals surface area contributed by atoms with Crippen LogP contribution in [-0.4, -0.2) is 36.5 Å². The van der Waals surface area contributed by atoms with Crippen LogP contribution in [0.25, 0.3) is 0 Å². The third kappa shape index (κ3) is 5.06. The van der Waals surface area contributed by atoms with Crippen LogP contribution in [0.4, 0.5) is 16.2 Å². The predicted molar refractivity (Wildman–Crippen MR) is 102 cm³/mol. The van der Waals surface area contributed by atoms with Crippen LogP contribution in [0.3, 0.4) is 0 Å². The van der Waals surface area contributed by atoms with Crippen LogP contribution in [-0.2, 0) is 11.2 Å². The molecule has 8 nitrogen and oxygen atoms in total. The number of hydrogen-bond donors (Lipinski definition) is 2. The second kappa shape index (κ2) is 8.66. The molecule has 0 atom stereocenters. The lowest BCUT2D eigenvalue weighted by atomic mass is 9.97. The number of imide groups is 1. The molecule has 8 heteroatoms. The molecule has 1 aliphatic carbocycles. The van der Waals surface area contributed by atoms with Crippen molar-refractivity contribution in [1.29, 1.82) is 0 Å². The van der Waals surface area contributed by atoms with Crippen LogP contribution in [0.5, 0.6) is 0 Å². The van der Waals surface area contributed by atoms with Crippen molar-refractivity contribution in [1.82, 2.24) is 10.6 Å². The molecular formula is C19H24N4O4. The summed E-state index contributed by atoms with van der Waals surface area (Å²) in [4.78, 5) is 36.3. The topological polar surface area (TPSA) is 105 Å². The Hall–Kier alpha value is -2.90. The van der Waals surface area contributed by atoms with Crippen LogP contribution >= 0.6 is 0 Å². The van der Waals surface area contributed by atoms with E-state index in [4.69, 9.17) is 0 Å². The molecule has 144 valence electrons. The van der Waals surface area contributed by atoms with Crippen molar-refractivity contribution in [2.24, 2.45) is 0 Å². The van der Waals surface area contributed by atoms with Crippen molar-refractivity contribution in [2.75, 3.05) is 24.5 Å². The summed E-state index contributed by atoms with van der Waals surface area (Å²) in [6, 6.07) is 4.15. The van der Waals surface area contributed by atoms with E-state index >= 15 is 0 Å². The fraction of sp³-hybridized carbons (Fsp3) is 0.474. The van der Waals surface area contributed by atoms with Crippen LogP contribution in [0.15, 0.2) is 29.8 Å². The number of allylic oxidation sites excluding steroid dienone is 1. The van der Waals surface area contributed by atoms with Gasteiger partial charge in [-0.05, 0) is 50.2 Å². The summed E-state index contributed by atoms with van der Waals surface area (Å²) in [6.45, 7) is 1.16. The van der Waals surface area contributed by atoms with Crippen molar-refractivity contribution >= 4 is 23.3 Å². The van der Waals surface area contributed by atoms with Gasteiger partial charge in [-0.3, -0.25) is 20.2 Å². The lowest BCUT2D eigenvalue weighted by Crippen LogP contribution is -2.44. The molecule has 0 aromatic heterocycles. The summed E-state index contributed by atoms with van der Waals surface area (Å²) < 4.78 is 0. The molecule has 0 bridgehead atoms. The van der Waals surface area contributed by atoms with Gasteiger partial charge in [0.1, 0.15) is 0 Å². The van der Waals surface area contributed by atoms with Gasteiger partial charge in [0.05, 0.1) is 11.5 Å². The molecule has 0 radical (unpaired) electrons. The van der Waals surface area contributed by atoms with Gasteiger partial charge in [-0.2, -0.15) is 0 Å². The summed E-state index contributed by atoms with van der Waals surface area (Å²) in [6.07, 6.45) is 8.35. The van der Waals surface area contributed by atoms with E-state index in [2.05, 4.69) is 16.7 Å². The molecule has 1 aromatic rings. The number of nitro groups is 1. The van der Waals surface area contributed by atoms with Gasteiger partial charge < -0.3 is 10.2 Å². The summed E-state index contributed by atoms with van der Waals surface area (Å²) in [5.41, 5.74) is 3.07. The van der Waals surface area contributed by atoms with Gasteiger partial charge in [0.25, 0.3) is 5.69 Å². The lowest BCUT2D eigenvalue weighted by Gasteiger charge is -2.18. The van der Waals surface area contributed by atoms with Crippen molar-refractivity contribution in [3.63, 3.8) is 0 Å². The number of nitrogens with zero attached hydrogens (tertiary/aromatic N) is 2. The van der Waals surface area contributed by atoms with E-state index in [1.807, 2.05) is 4.90 Å². The number of nitro benzene ring substituents is 1. The van der Waals surface area contributed by atoms with Crippen LogP contribution < -0.4 is 15.5 Å². The quantitative estimate of drug-likeness (QED) is 0.454. The Kier molecular flexibility index (Phi) is 6.05. The summed E-state index contributed by atoms with van der Waals surface area (Å²) >= 11 is 0. The van der Waals surface area contributed by atoms with Crippen molar-refractivity contribution in [3.05, 3.63) is 45.5 Å². The van der Waals surface area contributed by atoms with Crippen molar-refractivity contribution < 1.29 is 14.5 Å². The highest BCUT2D eigenvalue weighted by Gasteiger charge is 2.23. The molecule has 2 aliphatic rings. The number of fused-ring (bicyclic) bond motifs is 1. The second-order valence-electron chi connectivity index (χ2n) is 6.90. The van der Waals surface area contributed by atoms with E-state index in [1.165, 1.54) is 24.5 Å². The molecule has 1 aromatic carbocycles. The number of hydrogen-bond acceptors (Lipinski definition) is 5. The zero-order chi connectivity index (χ0) is 19.2. The maximum atomic E-state index is 12.1. The van der Waals surface area contributed by atoms with Gasteiger partial charge in [-0.25, -0.2) is 4.79 Å². The van der Waals surface area contributed by atoms with Gasteiger partial charge in [-0.15, -0.1) is 0 Å². The Bertz CT molecular complexity index is 775. The first kappa shape index (κ1) is 18.9. The molecule has 0 fully saturated rings. The molecule has 0 unspecified atom stereocenters. The first-order valence-electron chi connectivity index (χ1n) is 9.31. The zero-order valence-corrected chi connectivity index (χ0v) is 15.2. The van der Waals surface area contributed by atoms with Gasteiger partial charge in [0, 0.05) is 30.9 Å². The van der Waals surface area contributed by atoms with Crippen LogP contribution in [0, 0.1) is 10.1 Å². The van der Waals surface area contributed by atoms with Crippen LogP contribution in [0.1, 0.15) is 37.7 Å². The number of nitrogens with one attached hydrogen (secondary N) is 2. The molecule has 0 saturated carbocycles. The molecule has 1 heterocycles. The SMILES string of the molecule is O=C(CN1CCc2cc([N+](=O)[O-])ccc21)NC(=O)NCCC1=CCCCC1. The molecule has 0 saturated heterocycles. The monoisotopic (exact) mass is 372 g/mol. The number of carbonyl (C=O) groups excluding carboxylic acids is 2. The van der Waals surface area contributed by atoms with Crippen molar-refractivity contribution in [2.45, 2.75) is 38.5 Å². The minimum absolute atomic E-state index is 0.0450. The van der Waals surface area contributed by atoms with Gasteiger partial charge >= 0.3 is 6.03 Å². The Morgan fingerprint density at radius 1 is 1.22 bits per heavy atom.